The highest BCUT2D eigenvalue weighted by Gasteiger charge is 2.48. The van der Waals surface area contributed by atoms with E-state index in [4.69, 9.17) is 0 Å². The molecular formula is C19H16F3NO2S. The predicted octanol–water partition coefficient (Wildman–Crippen LogP) is 4.65. The Labute approximate surface area is 153 Å². The third kappa shape index (κ3) is 3.23. The van der Waals surface area contributed by atoms with Gasteiger partial charge in [-0.1, -0.05) is 30.0 Å². The minimum Gasteiger partial charge on any atom is -0.314 e. The van der Waals surface area contributed by atoms with Crippen molar-refractivity contribution in [1.29, 1.82) is 0 Å². The summed E-state index contributed by atoms with van der Waals surface area (Å²) in [6, 6.07) is 12.2. The molecule has 0 radical (unpaired) electrons. The Hall–Kier alpha value is -2.28. The maximum atomic E-state index is 13.1. The van der Waals surface area contributed by atoms with Gasteiger partial charge in [0.1, 0.15) is 0 Å². The summed E-state index contributed by atoms with van der Waals surface area (Å²) in [7, 11) is 1.51. The fraction of sp³-hybridized carbons (Fsp3) is 0.263. The van der Waals surface area contributed by atoms with Crippen molar-refractivity contribution in [2.45, 2.75) is 29.8 Å². The van der Waals surface area contributed by atoms with Gasteiger partial charge < -0.3 is 4.90 Å². The number of hydrogen-bond donors (Lipinski definition) is 0. The van der Waals surface area contributed by atoms with E-state index < -0.39 is 17.2 Å². The minimum absolute atomic E-state index is 0.177. The van der Waals surface area contributed by atoms with Gasteiger partial charge in [-0.15, -0.1) is 0 Å². The maximum Gasteiger partial charge on any atom is 0.416 e. The summed E-state index contributed by atoms with van der Waals surface area (Å²) >= 11 is 0.985. The zero-order chi connectivity index (χ0) is 19.1. The van der Waals surface area contributed by atoms with Crippen LogP contribution >= 0.6 is 11.8 Å². The molecule has 0 spiro atoms. The van der Waals surface area contributed by atoms with Gasteiger partial charge in [0.05, 0.1) is 11.0 Å². The number of likely N-dealkylation sites (N-methyl/N-ethyl adjacent to an activating group) is 1. The van der Waals surface area contributed by atoms with E-state index >= 15 is 0 Å². The van der Waals surface area contributed by atoms with Crippen LogP contribution in [0.3, 0.4) is 0 Å². The molecule has 3 nitrogen and oxygen atoms in total. The monoisotopic (exact) mass is 379 g/mol. The van der Waals surface area contributed by atoms with Crippen LogP contribution in [0.2, 0.25) is 0 Å². The number of thioether (sulfide) groups is 1. The second-order valence-corrected chi connectivity index (χ2v) is 7.52. The molecule has 2 aromatic carbocycles. The lowest BCUT2D eigenvalue weighted by Gasteiger charge is -2.22. The molecule has 0 unspecified atom stereocenters. The predicted molar refractivity (Wildman–Crippen MR) is 94.1 cm³/mol. The van der Waals surface area contributed by atoms with E-state index in [1.165, 1.54) is 24.9 Å². The molecule has 1 amide bonds. The van der Waals surface area contributed by atoms with Crippen molar-refractivity contribution in [1.82, 2.24) is 0 Å². The molecule has 0 aliphatic carbocycles. The fourth-order valence-corrected chi connectivity index (χ4v) is 4.07. The molecule has 7 heteroatoms. The number of amides is 1. The van der Waals surface area contributed by atoms with Crippen LogP contribution < -0.4 is 4.90 Å². The third-order valence-corrected chi connectivity index (χ3v) is 5.41. The van der Waals surface area contributed by atoms with Crippen LogP contribution in [0.25, 0.3) is 0 Å². The van der Waals surface area contributed by atoms with Crippen molar-refractivity contribution in [3.63, 3.8) is 0 Å². The summed E-state index contributed by atoms with van der Waals surface area (Å²) in [5, 5.41) is -0.272. The molecular weight excluding hydrogens is 363 g/mol. The molecule has 26 heavy (non-hydrogen) atoms. The highest BCUT2D eigenvalue weighted by atomic mass is 32.2. The van der Waals surface area contributed by atoms with Crippen molar-refractivity contribution < 1.29 is 22.8 Å². The van der Waals surface area contributed by atoms with E-state index in [2.05, 4.69) is 0 Å². The molecule has 0 N–H and O–H groups in total. The van der Waals surface area contributed by atoms with E-state index in [0.29, 0.717) is 5.69 Å². The van der Waals surface area contributed by atoms with Crippen LogP contribution in [-0.2, 0) is 21.2 Å². The molecule has 1 heterocycles. The highest BCUT2D eigenvalue weighted by Crippen LogP contribution is 2.46. The van der Waals surface area contributed by atoms with E-state index in [1.807, 2.05) is 6.07 Å². The van der Waals surface area contributed by atoms with Gasteiger partial charge in [0.15, 0.2) is 5.12 Å². The Balaban J connectivity index is 1.94. The molecule has 0 aromatic heterocycles. The van der Waals surface area contributed by atoms with Crippen LogP contribution in [0, 0.1) is 0 Å². The quantitative estimate of drug-likeness (QED) is 0.729. The summed E-state index contributed by atoms with van der Waals surface area (Å²) in [5.41, 5.74) is -1.50. The van der Waals surface area contributed by atoms with Gasteiger partial charge in [0.2, 0.25) is 5.91 Å². The van der Waals surface area contributed by atoms with Gasteiger partial charge in [-0.25, -0.2) is 0 Å². The molecule has 0 saturated heterocycles. The topological polar surface area (TPSA) is 37.4 Å². The average Bonchev–Trinajstić information content (AvgIpc) is 2.76. The maximum absolute atomic E-state index is 13.1. The average molecular weight is 379 g/mol. The number of carbonyl (C=O) groups is 2. The van der Waals surface area contributed by atoms with Gasteiger partial charge in [0.25, 0.3) is 0 Å². The van der Waals surface area contributed by atoms with Crippen molar-refractivity contribution in [2.24, 2.45) is 0 Å². The van der Waals surface area contributed by atoms with Gasteiger partial charge in [-0.2, -0.15) is 13.2 Å². The van der Waals surface area contributed by atoms with Crippen molar-refractivity contribution in [3.05, 3.63) is 59.7 Å². The minimum atomic E-state index is -4.51. The molecule has 0 fully saturated rings. The van der Waals surface area contributed by atoms with E-state index in [0.717, 1.165) is 28.8 Å². The lowest BCUT2D eigenvalue weighted by atomic mass is 9.80. The second kappa shape index (κ2) is 6.46. The number of rotatable bonds is 3. The Morgan fingerprint density at radius 1 is 1.15 bits per heavy atom. The highest BCUT2D eigenvalue weighted by molar-refractivity contribution is 8.13. The van der Waals surface area contributed by atoms with E-state index in [-0.39, 0.29) is 23.0 Å². The largest absolute Gasteiger partial charge is 0.416 e. The summed E-state index contributed by atoms with van der Waals surface area (Å²) in [5.74, 6) is -0.381. The molecule has 0 saturated carbocycles. The first-order chi connectivity index (χ1) is 12.1. The second-order valence-electron chi connectivity index (χ2n) is 6.39. The Kier molecular flexibility index (Phi) is 4.60. The Morgan fingerprint density at radius 3 is 2.42 bits per heavy atom. The van der Waals surface area contributed by atoms with Crippen molar-refractivity contribution >= 4 is 28.5 Å². The summed E-state index contributed by atoms with van der Waals surface area (Å²) in [4.78, 5) is 27.2. The Morgan fingerprint density at radius 2 is 1.81 bits per heavy atom. The molecule has 3 rings (SSSR count). The molecule has 1 atom stereocenters. The normalized spacial score (nSPS) is 19.6. The molecule has 1 aliphatic rings. The van der Waals surface area contributed by atoms with Gasteiger partial charge >= 0.3 is 6.18 Å². The Bertz CT molecular complexity index is 867. The summed E-state index contributed by atoms with van der Waals surface area (Å²) in [6.07, 6.45) is -4.69. The van der Waals surface area contributed by atoms with Crippen molar-refractivity contribution in [3.8, 4) is 0 Å². The van der Waals surface area contributed by atoms with Crippen LogP contribution in [0.15, 0.2) is 53.4 Å². The number of benzene rings is 2. The van der Waals surface area contributed by atoms with Gasteiger partial charge in [-0.05, 0) is 42.8 Å². The van der Waals surface area contributed by atoms with Gasteiger partial charge in [0, 0.05) is 24.1 Å². The van der Waals surface area contributed by atoms with Gasteiger partial charge in [-0.3, -0.25) is 9.59 Å². The third-order valence-electron chi connectivity index (χ3n) is 4.53. The summed E-state index contributed by atoms with van der Waals surface area (Å²) < 4.78 is 39.2. The van der Waals surface area contributed by atoms with Crippen LogP contribution in [-0.4, -0.2) is 18.1 Å². The zero-order valence-corrected chi connectivity index (χ0v) is 14.9. The zero-order valence-electron chi connectivity index (χ0n) is 14.1. The molecule has 0 bridgehead atoms. The number of anilines is 1. The van der Waals surface area contributed by atoms with E-state index in [1.54, 1.807) is 24.3 Å². The molecule has 2 aromatic rings. The number of hydrogen-bond acceptors (Lipinski definition) is 3. The number of carbonyl (C=O) groups excluding carboxylic acids is 2. The number of alkyl halides is 3. The first-order valence-electron chi connectivity index (χ1n) is 7.88. The van der Waals surface area contributed by atoms with Crippen LogP contribution in [0.1, 0.15) is 24.5 Å². The van der Waals surface area contributed by atoms with E-state index in [9.17, 15) is 22.8 Å². The smallest absolute Gasteiger partial charge is 0.314 e. The van der Waals surface area contributed by atoms with Crippen LogP contribution in [0.5, 0.6) is 0 Å². The fourth-order valence-electron chi connectivity index (χ4n) is 3.16. The SMILES string of the molecule is CN1C(=O)[C@@](C)(CC(=O)Sc2ccccc2)c2cc(C(F)(F)F)ccc21. The number of nitrogens with zero attached hydrogens (tertiary/aromatic N) is 1. The lowest BCUT2D eigenvalue weighted by Crippen LogP contribution is -2.37. The number of fused-ring (bicyclic) bond motifs is 1. The lowest BCUT2D eigenvalue weighted by molar-refractivity contribution is -0.137. The number of halogens is 3. The first kappa shape index (κ1) is 18.5. The summed E-state index contributed by atoms with van der Waals surface area (Å²) in [6.45, 7) is 1.53. The molecule has 136 valence electrons. The first-order valence-corrected chi connectivity index (χ1v) is 8.70. The van der Waals surface area contributed by atoms with Crippen molar-refractivity contribution in [2.75, 3.05) is 11.9 Å². The molecule has 1 aliphatic heterocycles. The van der Waals surface area contributed by atoms with Crippen LogP contribution in [0.4, 0.5) is 18.9 Å². The standard InChI is InChI=1S/C19H16F3NO2S/c1-18(11-16(24)26-13-6-4-3-5-7-13)14-10-12(19(20,21)22)8-9-15(14)23(2)17(18)25/h3-10H,11H2,1-2H3/t18-/m0/s1.